The summed E-state index contributed by atoms with van der Waals surface area (Å²) in [6.07, 6.45) is 0. The van der Waals surface area contributed by atoms with Gasteiger partial charge in [0.25, 0.3) is 0 Å². The zero-order chi connectivity index (χ0) is 22.6. The number of nitrogens with zero attached hydrogens (tertiary/aromatic N) is 8. The molecule has 0 aliphatic heterocycles. The van der Waals surface area contributed by atoms with E-state index in [1.807, 2.05) is 0 Å². The molecule has 0 aliphatic rings. The van der Waals surface area contributed by atoms with Gasteiger partial charge in [-0.2, -0.15) is 19.2 Å². The van der Waals surface area contributed by atoms with E-state index in [1.165, 1.54) is 21.2 Å². The van der Waals surface area contributed by atoms with Crippen LogP contribution in [0.5, 0.6) is 0 Å². The zero-order valence-corrected chi connectivity index (χ0v) is 18.1. The molecule has 12 heteroatoms. The average molecular weight is 473 g/mol. The first kappa shape index (κ1) is 20.4. The van der Waals surface area contributed by atoms with Crippen molar-refractivity contribution in [3.8, 4) is 0 Å². The molecule has 0 radical (unpaired) electrons. The SMILES string of the molecule is Cc1nnc2c3c(F)cccc3c(Cl)nn12.Cc1nnc2c3cccc(F)c3c(Cl)nn12. The van der Waals surface area contributed by atoms with Gasteiger partial charge in [-0.05, 0) is 26.0 Å². The minimum Gasteiger partial charge on any atom is -0.206 e. The van der Waals surface area contributed by atoms with E-state index in [2.05, 4.69) is 30.6 Å². The lowest BCUT2D eigenvalue weighted by molar-refractivity contribution is 0.638. The van der Waals surface area contributed by atoms with Crippen LogP contribution >= 0.6 is 23.2 Å². The van der Waals surface area contributed by atoms with Gasteiger partial charge in [0.15, 0.2) is 33.2 Å². The first-order chi connectivity index (χ1) is 15.4. The van der Waals surface area contributed by atoms with Crippen molar-refractivity contribution in [3.63, 3.8) is 0 Å². The maximum absolute atomic E-state index is 13.7. The lowest BCUT2D eigenvalue weighted by atomic mass is 10.2. The molecule has 6 aromatic rings. The normalized spacial score (nSPS) is 11.4. The molecule has 0 saturated heterocycles. The number of aryl methyl sites for hydroxylation is 2. The Morgan fingerprint density at radius 1 is 0.656 bits per heavy atom. The molecular weight excluding hydrogens is 461 g/mol. The van der Waals surface area contributed by atoms with Gasteiger partial charge >= 0.3 is 0 Å². The summed E-state index contributed by atoms with van der Waals surface area (Å²) in [5, 5.41) is 25.9. The molecule has 0 aliphatic carbocycles. The summed E-state index contributed by atoms with van der Waals surface area (Å²) < 4.78 is 30.3. The smallest absolute Gasteiger partial charge is 0.188 e. The van der Waals surface area contributed by atoms with Gasteiger partial charge in [-0.15, -0.1) is 20.4 Å². The van der Waals surface area contributed by atoms with Gasteiger partial charge in [-0.3, -0.25) is 0 Å². The van der Waals surface area contributed by atoms with Gasteiger partial charge in [-0.25, -0.2) is 8.78 Å². The maximum atomic E-state index is 13.7. The molecule has 4 aromatic heterocycles. The van der Waals surface area contributed by atoms with Crippen molar-refractivity contribution >= 4 is 56.0 Å². The molecule has 4 heterocycles. The second kappa shape index (κ2) is 7.57. The van der Waals surface area contributed by atoms with Gasteiger partial charge in [0.1, 0.15) is 11.6 Å². The van der Waals surface area contributed by atoms with Gasteiger partial charge < -0.3 is 0 Å². The molecule has 8 nitrogen and oxygen atoms in total. The van der Waals surface area contributed by atoms with E-state index in [4.69, 9.17) is 23.2 Å². The monoisotopic (exact) mass is 472 g/mol. The third-order valence-electron chi connectivity index (χ3n) is 4.89. The number of aromatic nitrogens is 8. The number of rotatable bonds is 0. The fraction of sp³-hybridized carbons (Fsp3) is 0.100. The Balaban J connectivity index is 0.000000135. The van der Waals surface area contributed by atoms with Crippen LogP contribution in [0.15, 0.2) is 36.4 Å². The summed E-state index contributed by atoms with van der Waals surface area (Å²) in [6, 6.07) is 9.36. The van der Waals surface area contributed by atoms with Crippen molar-refractivity contribution in [1.82, 2.24) is 39.6 Å². The first-order valence-electron chi connectivity index (χ1n) is 9.28. The van der Waals surface area contributed by atoms with E-state index in [0.717, 1.165) is 0 Å². The first-order valence-corrected chi connectivity index (χ1v) is 10.0. The number of hydrogen-bond acceptors (Lipinski definition) is 6. The summed E-state index contributed by atoms with van der Waals surface area (Å²) >= 11 is 11.9. The van der Waals surface area contributed by atoms with Gasteiger partial charge in [0, 0.05) is 10.8 Å². The number of fused-ring (bicyclic) bond motifs is 6. The van der Waals surface area contributed by atoms with Crippen LogP contribution in [0.2, 0.25) is 10.3 Å². The van der Waals surface area contributed by atoms with Crippen molar-refractivity contribution < 1.29 is 8.78 Å². The van der Waals surface area contributed by atoms with Crippen molar-refractivity contribution in [3.05, 3.63) is 70.0 Å². The Hall–Kier alpha value is -3.50. The highest BCUT2D eigenvalue weighted by Gasteiger charge is 2.15. The number of benzene rings is 2. The molecule has 0 spiro atoms. The molecule has 0 N–H and O–H groups in total. The van der Waals surface area contributed by atoms with Crippen LogP contribution in [-0.4, -0.2) is 39.6 Å². The minimum atomic E-state index is -0.404. The Morgan fingerprint density at radius 3 is 1.88 bits per heavy atom. The fourth-order valence-corrected chi connectivity index (χ4v) is 3.90. The highest BCUT2D eigenvalue weighted by atomic mass is 35.5. The van der Waals surface area contributed by atoms with E-state index < -0.39 is 5.82 Å². The molecule has 0 fully saturated rings. The van der Waals surface area contributed by atoms with E-state index >= 15 is 0 Å². The van der Waals surface area contributed by atoms with Gasteiger partial charge in [-0.1, -0.05) is 47.5 Å². The van der Waals surface area contributed by atoms with Crippen molar-refractivity contribution in [1.29, 1.82) is 0 Å². The Bertz CT molecular complexity index is 1660. The summed E-state index contributed by atoms with van der Waals surface area (Å²) in [6.45, 7) is 3.49. The lowest BCUT2D eigenvalue weighted by Gasteiger charge is -2.02. The van der Waals surface area contributed by atoms with Crippen molar-refractivity contribution in [2.75, 3.05) is 0 Å². The molecule has 2 aromatic carbocycles. The van der Waals surface area contributed by atoms with Crippen LogP contribution in [0.25, 0.3) is 32.8 Å². The van der Waals surface area contributed by atoms with Crippen molar-refractivity contribution in [2.24, 2.45) is 0 Å². The molecule has 160 valence electrons. The molecule has 32 heavy (non-hydrogen) atoms. The van der Waals surface area contributed by atoms with Crippen LogP contribution in [0.1, 0.15) is 11.6 Å². The molecular formula is C20H12Cl2F2N8. The van der Waals surface area contributed by atoms with Crippen LogP contribution in [-0.2, 0) is 0 Å². The Labute approximate surface area is 188 Å². The second-order valence-corrected chi connectivity index (χ2v) is 7.59. The standard InChI is InChI=1S/2C10H6ClFN4/c1-5-13-14-10-6-3-2-4-7(12)8(6)9(11)15-16(5)10;1-5-13-14-10-8-6(3-2-4-7(8)12)9(11)15-16(5)10/h2*2-4H,1H3. The highest BCUT2D eigenvalue weighted by molar-refractivity contribution is 6.35. The molecule has 0 bridgehead atoms. The summed E-state index contributed by atoms with van der Waals surface area (Å²) in [4.78, 5) is 0. The minimum absolute atomic E-state index is 0.114. The van der Waals surface area contributed by atoms with Crippen LogP contribution in [0.3, 0.4) is 0 Å². The quantitative estimate of drug-likeness (QED) is 0.316. The third-order valence-corrected chi connectivity index (χ3v) is 5.43. The highest BCUT2D eigenvalue weighted by Crippen LogP contribution is 2.28. The van der Waals surface area contributed by atoms with E-state index in [9.17, 15) is 8.78 Å². The fourth-order valence-electron chi connectivity index (χ4n) is 3.40. The zero-order valence-electron chi connectivity index (χ0n) is 16.6. The second-order valence-electron chi connectivity index (χ2n) is 6.87. The number of hydrogen-bond donors (Lipinski definition) is 0. The summed E-state index contributed by atoms with van der Waals surface area (Å²) in [5.74, 6) is 0.405. The van der Waals surface area contributed by atoms with E-state index in [1.54, 1.807) is 38.1 Å². The summed E-state index contributed by atoms with van der Waals surface area (Å²) in [5.41, 5.74) is 0.895. The number of halogens is 4. The van der Waals surface area contributed by atoms with Crippen molar-refractivity contribution in [2.45, 2.75) is 13.8 Å². The van der Waals surface area contributed by atoms with Crippen LogP contribution in [0.4, 0.5) is 8.78 Å². The predicted molar refractivity (Wildman–Crippen MR) is 116 cm³/mol. The molecule has 0 atom stereocenters. The average Bonchev–Trinajstić information content (AvgIpc) is 3.32. The lowest BCUT2D eigenvalue weighted by Crippen LogP contribution is -1.97. The van der Waals surface area contributed by atoms with Gasteiger partial charge in [0.2, 0.25) is 0 Å². The Morgan fingerprint density at radius 2 is 1.19 bits per heavy atom. The van der Waals surface area contributed by atoms with Gasteiger partial charge in [0.05, 0.1) is 10.8 Å². The third kappa shape index (κ3) is 3.10. The molecule has 6 rings (SSSR count). The molecule has 0 unspecified atom stereocenters. The molecule has 0 saturated carbocycles. The topological polar surface area (TPSA) is 86.2 Å². The maximum Gasteiger partial charge on any atom is 0.188 e. The largest absolute Gasteiger partial charge is 0.206 e. The Kier molecular flexibility index (Phi) is 4.83. The molecule has 0 amide bonds. The van der Waals surface area contributed by atoms with E-state index in [-0.39, 0.29) is 21.5 Å². The summed E-state index contributed by atoms with van der Waals surface area (Å²) in [7, 11) is 0. The predicted octanol–water partition coefficient (Wildman–Crippen LogP) is 4.76. The van der Waals surface area contributed by atoms with Crippen LogP contribution in [0, 0.1) is 25.5 Å². The van der Waals surface area contributed by atoms with Crippen LogP contribution < -0.4 is 0 Å². The van der Waals surface area contributed by atoms with E-state index in [0.29, 0.717) is 39.1 Å².